The summed E-state index contributed by atoms with van der Waals surface area (Å²) in [7, 11) is 0. The molecule has 150 valence electrons. The molecule has 6 nitrogen and oxygen atoms in total. The Hall–Kier alpha value is -4.00. The second-order valence-corrected chi connectivity index (χ2v) is 8.01. The first-order valence-electron chi connectivity index (χ1n) is 9.53. The van der Waals surface area contributed by atoms with Gasteiger partial charge in [0.15, 0.2) is 12.4 Å². The zero-order valence-electron chi connectivity index (χ0n) is 16.4. The molecule has 3 heterocycles. The Bertz CT molecular complexity index is 1250. The van der Waals surface area contributed by atoms with Crippen LogP contribution in [-0.4, -0.2) is 11.0 Å². The number of aliphatic hydroxyl groups is 1. The summed E-state index contributed by atoms with van der Waals surface area (Å²) >= 11 is 1.47. The molecule has 4 rings (SSSR count). The Morgan fingerprint density at radius 1 is 1.06 bits per heavy atom. The first-order chi connectivity index (χ1) is 15.1. The predicted molar refractivity (Wildman–Crippen MR) is 116 cm³/mol. The van der Waals surface area contributed by atoms with Crippen LogP contribution in [0.1, 0.15) is 22.4 Å². The van der Waals surface area contributed by atoms with Crippen LogP contribution in [0.4, 0.5) is 0 Å². The van der Waals surface area contributed by atoms with Gasteiger partial charge in [0.25, 0.3) is 0 Å². The molecule has 0 amide bonds. The fourth-order valence-corrected chi connectivity index (χ4v) is 4.91. The highest BCUT2D eigenvalue weighted by atomic mass is 32.1. The van der Waals surface area contributed by atoms with Gasteiger partial charge in [0.1, 0.15) is 11.6 Å². The summed E-state index contributed by atoms with van der Waals surface area (Å²) in [6, 6.07) is 22.0. The number of nitriles is 2. The van der Waals surface area contributed by atoms with Gasteiger partial charge >= 0.3 is 0 Å². The number of rotatable bonds is 4. The van der Waals surface area contributed by atoms with Gasteiger partial charge in [0.05, 0.1) is 23.3 Å². The zero-order chi connectivity index (χ0) is 21.8. The molecule has 3 N–H and O–H groups in total. The van der Waals surface area contributed by atoms with Crippen molar-refractivity contribution in [3.8, 4) is 12.1 Å². The van der Waals surface area contributed by atoms with E-state index in [-0.39, 0.29) is 16.8 Å². The normalized spacial score (nSPS) is 22.5. The summed E-state index contributed by atoms with van der Waals surface area (Å²) in [6.45, 7) is 0. The van der Waals surface area contributed by atoms with Crippen molar-refractivity contribution in [2.75, 3.05) is 0 Å². The van der Waals surface area contributed by atoms with Crippen molar-refractivity contribution in [1.29, 1.82) is 15.9 Å². The highest BCUT2D eigenvalue weighted by Crippen LogP contribution is 2.48. The van der Waals surface area contributed by atoms with Crippen molar-refractivity contribution in [2.24, 2.45) is 0 Å². The minimum atomic E-state index is -1.67. The molecule has 0 saturated heterocycles. The van der Waals surface area contributed by atoms with Gasteiger partial charge in [-0.25, -0.2) is 0 Å². The van der Waals surface area contributed by atoms with Crippen molar-refractivity contribution < 1.29 is 9.67 Å². The Morgan fingerprint density at radius 3 is 2.35 bits per heavy atom. The van der Waals surface area contributed by atoms with Gasteiger partial charge in [-0.1, -0.05) is 42.5 Å². The third-order valence-corrected chi connectivity index (χ3v) is 6.33. The molecule has 31 heavy (non-hydrogen) atoms. The molecule has 0 radical (unpaired) electrons. The van der Waals surface area contributed by atoms with E-state index in [1.807, 2.05) is 76.9 Å². The van der Waals surface area contributed by atoms with Crippen LogP contribution in [0.25, 0.3) is 0 Å². The Kier molecular flexibility index (Phi) is 5.49. The molecule has 1 aromatic carbocycles. The minimum absolute atomic E-state index is 0.123. The molecule has 0 unspecified atom stereocenters. The number of aromatic nitrogens is 1. The van der Waals surface area contributed by atoms with E-state index >= 15 is 0 Å². The number of hydrogen-bond acceptors (Lipinski definition) is 6. The monoisotopic (exact) mass is 424 g/mol. The second kappa shape index (κ2) is 8.39. The molecule has 3 aromatic rings. The van der Waals surface area contributed by atoms with E-state index in [1.54, 1.807) is 12.1 Å². The zero-order valence-corrected chi connectivity index (χ0v) is 17.2. The van der Waals surface area contributed by atoms with E-state index in [2.05, 4.69) is 17.3 Å². The summed E-state index contributed by atoms with van der Waals surface area (Å²) in [5.41, 5.74) is -0.826. The first-order valence-corrected chi connectivity index (χ1v) is 10.4. The van der Waals surface area contributed by atoms with E-state index in [9.17, 15) is 15.6 Å². The van der Waals surface area contributed by atoms with E-state index in [1.165, 1.54) is 11.3 Å². The predicted octanol–water partition coefficient (Wildman–Crippen LogP) is 3.29. The Morgan fingerprint density at radius 2 is 1.77 bits per heavy atom. The molecule has 1 aliphatic rings. The minimum Gasteiger partial charge on any atom is -0.362 e. The molecule has 7 heteroatoms. The molecule has 1 aliphatic heterocycles. The molecule has 0 fully saturated rings. The van der Waals surface area contributed by atoms with Crippen molar-refractivity contribution in [3.05, 3.63) is 106 Å². The van der Waals surface area contributed by atoms with E-state index in [0.29, 0.717) is 5.56 Å². The highest BCUT2D eigenvalue weighted by molar-refractivity contribution is 7.10. The summed E-state index contributed by atoms with van der Waals surface area (Å²) in [5.74, 6) is 1.56. The average Bonchev–Trinajstić information content (AvgIpc) is 3.35. The van der Waals surface area contributed by atoms with E-state index in [0.717, 1.165) is 4.88 Å². The Balaban J connectivity index is 2.09. The van der Waals surface area contributed by atoms with Crippen LogP contribution >= 0.6 is 11.3 Å². The third-order valence-electron chi connectivity index (χ3n) is 5.37. The molecule has 0 aliphatic carbocycles. The number of thiophene rings is 1. The van der Waals surface area contributed by atoms with Crippen LogP contribution in [-0.2, 0) is 5.72 Å². The van der Waals surface area contributed by atoms with Gasteiger partial charge in [-0.3, -0.25) is 5.41 Å². The number of allylic oxidation sites excluding steroid dienone is 2. The lowest BCUT2D eigenvalue weighted by Crippen LogP contribution is -2.62. The molecule has 0 spiro atoms. The van der Waals surface area contributed by atoms with Crippen molar-refractivity contribution in [2.45, 2.75) is 17.7 Å². The van der Waals surface area contributed by atoms with Gasteiger partial charge in [-0.2, -0.15) is 15.1 Å². The largest absolute Gasteiger partial charge is 0.362 e. The number of pyridine rings is 1. The number of nitrogens with zero attached hydrogens (tertiary/aromatic N) is 3. The SMILES string of the molecule is N#CC(=C=N)C1=C(C#N)[C@@H](c2cccs2)[C@@H]([n+]2ccccc2)[C@@](O)(c2ccccc2)N1. The first kappa shape index (κ1) is 20.3. The number of hydrogen-bond donors (Lipinski definition) is 3. The maximum Gasteiger partial charge on any atom is 0.227 e. The van der Waals surface area contributed by atoms with Crippen LogP contribution < -0.4 is 9.88 Å². The van der Waals surface area contributed by atoms with Crippen LogP contribution in [0.2, 0.25) is 0 Å². The third kappa shape index (κ3) is 3.44. The highest BCUT2D eigenvalue weighted by Gasteiger charge is 2.56. The fourth-order valence-electron chi connectivity index (χ4n) is 4.04. The number of nitrogens with one attached hydrogen (secondary N) is 2. The average molecular weight is 425 g/mol. The summed E-state index contributed by atoms with van der Waals surface area (Å²) in [5, 5.41) is 44.4. The van der Waals surface area contributed by atoms with Crippen molar-refractivity contribution in [1.82, 2.24) is 5.32 Å². The second-order valence-electron chi connectivity index (χ2n) is 7.03. The van der Waals surface area contributed by atoms with Crippen LogP contribution in [0.3, 0.4) is 0 Å². The summed E-state index contributed by atoms with van der Waals surface area (Å²) in [4.78, 5) is 0.869. The quantitative estimate of drug-likeness (QED) is 0.339. The molecule has 2 aromatic heterocycles. The smallest absolute Gasteiger partial charge is 0.227 e. The standard InChI is InChI=1S/C24H18N5OS/c25-14-17(15-26)22-19(16-27)21(20-10-7-13-31-20)23(29-11-5-2-6-12-29)24(30,28-22)18-8-3-1-4-9-18/h1-13,21,23,25,28,30H/q+1/t21-,23+,24-/m0/s1. The molecular formula is C24H18N5OS+. The van der Waals surface area contributed by atoms with Crippen LogP contribution in [0, 0.1) is 28.1 Å². The van der Waals surface area contributed by atoms with Crippen LogP contribution in [0.5, 0.6) is 0 Å². The lowest BCUT2D eigenvalue weighted by atomic mass is 9.75. The van der Waals surface area contributed by atoms with Crippen molar-refractivity contribution in [3.63, 3.8) is 0 Å². The molecule has 0 saturated carbocycles. The molecular weight excluding hydrogens is 406 g/mol. The maximum absolute atomic E-state index is 12.2. The molecule has 3 atom stereocenters. The molecule has 0 bridgehead atoms. The van der Waals surface area contributed by atoms with Gasteiger partial charge in [0.2, 0.25) is 11.8 Å². The van der Waals surface area contributed by atoms with Gasteiger partial charge in [0, 0.05) is 22.6 Å². The lowest BCUT2D eigenvalue weighted by Gasteiger charge is -2.42. The van der Waals surface area contributed by atoms with Gasteiger partial charge < -0.3 is 10.4 Å². The Labute approximate surface area is 183 Å². The summed E-state index contributed by atoms with van der Waals surface area (Å²) < 4.78 is 1.87. The van der Waals surface area contributed by atoms with Crippen molar-refractivity contribution >= 4 is 17.2 Å². The van der Waals surface area contributed by atoms with Gasteiger partial charge in [-0.15, -0.1) is 11.3 Å². The van der Waals surface area contributed by atoms with E-state index < -0.39 is 17.7 Å². The van der Waals surface area contributed by atoms with E-state index in [4.69, 9.17) is 5.41 Å². The maximum atomic E-state index is 12.2. The lowest BCUT2D eigenvalue weighted by molar-refractivity contribution is -0.743. The fraction of sp³-hybridized carbons (Fsp3) is 0.125. The van der Waals surface area contributed by atoms with Crippen LogP contribution in [0.15, 0.2) is 95.3 Å². The number of benzene rings is 1. The van der Waals surface area contributed by atoms with Gasteiger partial charge in [-0.05, 0) is 17.3 Å². The summed E-state index contributed by atoms with van der Waals surface area (Å²) in [6.07, 6.45) is 3.69. The topological polar surface area (TPSA) is 108 Å².